The molecule has 0 aliphatic heterocycles. The van der Waals surface area contributed by atoms with Crippen LogP contribution in [-0.4, -0.2) is 23.8 Å². The standard InChI is InChI=1S/C16H15F3N2O3S/c1-9(12(22)7-14(23)24-2)10-3-5-11(6-4-10)20-15-21-13(8-25-15)16(17,18)19/h3-6,8-9H,7H2,1-2H3,(H,20,21)/t9-/m1/s1. The molecule has 2 aromatic rings. The molecule has 0 bridgehead atoms. The lowest BCUT2D eigenvalue weighted by molar-refractivity contribution is -0.143. The summed E-state index contributed by atoms with van der Waals surface area (Å²) in [4.78, 5) is 26.6. The van der Waals surface area contributed by atoms with Gasteiger partial charge in [-0.2, -0.15) is 13.2 Å². The molecular weight excluding hydrogens is 357 g/mol. The van der Waals surface area contributed by atoms with Crippen molar-refractivity contribution in [2.45, 2.75) is 25.4 Å². The minimum Gasteiger partial charge on any atom is -0.469 e. The number of hydrogen-bond acceptors (Lipinski definition) is 6. The van der Waals surface area contributed by atoms with Crippen LogP contribution >= 0.6 is 11.3 Å². The normalized spacial score (nSPS) is 12.5. The second-order valence-corrected chi connectivity index (χ2v) is 6.08. The Bertz CT molecular complexity index is 757. The smallest absolute Gasteiger partial charge is 0.434 e. The van der Waals surface area contributed by atoms with Crippen LogP contribution in [0.1, 0.15) is 30.5 Å². The molecule has 0 spiro atoms. The fourth-order valence-corrected chi connectivity index (χ4v) is 2.73. The highest BCUT2D eigenvalue weighted by Gasteiger charge is 2.33. The molecule has 5 nitrogen and oxygen atoms in total. The maximum atomic E-state index is 12.5. The molecule has 0 fully saturated rings. The van der Waals surface area contributed by atoms with Gasteiger partial charge < -0.3 is 10.1 Å². The van der Waals surface area contributed by atoms with E-state index in [9.17, 15) is 22.8 Å². The van der Waals surface area contributed by atoms with Gasteiger partial charge in [-0.15, -0.1) is 11.3 Å². The third-order valence-corrected chi connectivity index (χ3v) is 4.24. The van der Waals surface area contributed by atoms with Crippen molar-refractivity contribution in [3.8, 4) is 0 Å². The van der Waals surface area contributed by atoms with Crippen LogP contribution in [-0.2, 0) is 20.5 Å². The summed E-state index contributed by atoms with van der Waals surface area (Å²) in [5, 5.41) is 3.84. The number of esters is 1. The number of benzene rings is 1. The molecule has 0 aliphatic carbocycles. The maximum absolute atomic E-state index is 12.5. The molecular formula is C16H15F3N2O3S. The summed E-state index contributed by atoms with van der Waals surface area (Å²) in [6.45, 7) is 1.67. The van der Waals surface area contributed by atoms with Crippen LogP contribution < -0.4 is 5.32 Å². The number of ether oxygens (including phenoxy) is 1. The van der Waals surface area contributed by atoms with E-state index in [2.05, 4.69) is 15.0 Å². The third kappa shape index (κ3) is 5.02. The van der Waals surface area contributed by atoms with E-state index in [1.165, 1.54) is 7.11 Å². The average Bonchev–Trinajstić information content (AvgIpc) is 3.03. The molecule has 1 atom stereocenters. The largest absolute Gasteiger partial charge is 0.469 e. The number of Topliss-reactive ketones (excluding diaryl/α,β-unsaturated/α-hetero) is 1. The highest BCUT2D eigenvalue weighted by Crippen LogP contribution is 2.32. The summed E-state index contributed by atoms with van der Waals surface area (Å²) in [5.41, 5.74) is 0.285. The Morgan fingerprint density at radius 1 is 1.28 bits per heavy atom. The molecule has 134 valence electrons. The number of rotatable bonds is 6. The topological polar surface area (TPSA) is 68.3 Å². The van der Waals surface area contributed by atoms with Gasteiger partial charge in [0.1, 0.15) is 6.42 Å². The molecule has 1 N–H and O–H groups in total. The van der Waals surface area contributed by atoms with E-state index >= 15 is 0 Å². The fraction of sp³-hybridized carbons (Fsp3) is 0.312. The van der Waals surface area contributed by atoms with Gasteiger partial charge in [-0.3, -0.25) is 9.59 Å². The maximum Gasteiger partial charge on any atom is 0.434 e. The monoisotopic (exact) mass is 372 g/mol. The molecule has 1 aromatic carbocycles. The summed E-state index contributed by atoms with van der Waals surface area (Å²) >= 11 is 0.848. The number of methoxy groups -OCH3 is 1. The van der Waals surface area contributed by atoms with Gasteiger partial charge in [0.25, 0.3) is 0 Å². The number of ketones is 1. The summed E-state index contributed by atoms with van der Waals surface area (Å²) < 4.78 is 42.0. The van der Waals surface area contributed by atoms with Crippen LogP contribution in [0.3, 0.4) is 0 Å². The summed E-state index contributed by atoms with van der Waals surface area (Å²) in [5.74, 6) is -1.37. The first-order chi connectivity index (χ1) is 11.7. The first-order valence-corrected chi connectivity index (χ1v) is 8.08. The Morgan fingerprint density at radius 3 is 2.44 bits per heavy atom. The van der Waals surface area contributed by atoms with E-state index in [-0.39, 0.29) is 17.3 Å². The summed E-state index contributed by atoms with van der Waals surface area (Å²) in [7, 11) is 1.21. The molecule has 0 radical (unpaired) electrons. The van der Waals surface area contributed by atoms with Crippen molar-refractivity contribution in [3.05, 3.63) is 40.9 Å². The van der Waals surface area contributed by atoms with Crippen molar-refractivity contribution in [2.24, 2.45) is 0 Å². The number of nitrogens with one attached hydrogen (secondary N) is 1. The van der Waals surface area contributed by atoms with Gasteiger partial charge in [0.05, 0.1) is 7.11 Å². The Labute approximate surface area is 145 Å². The van der Waals surface area contributed by atoms with Crippen molar-refractivity contribution in [3.63, 3.8) is 0 Å². The van der Waals surface area contributed by atoms with Gasteiger partial charge in [-0.25, -0.2) is 4.98 Å². The Balaban J connectivity index is 2.03. The zero-order valence-electron chi connectivity index (χ0n) is 13.4. The number of nitrogens with zero attached hydrogens (tertiary/aromatic N) is 1. The number of aromatic nitrogens is 1. The number of carbonyl (C=O) groups excluding carboxylic acids is 2. The van der Waals surface area contributed by atoms with Crippen LogP contribution in [0.2, 0.25) is 0 Å². The molecule has 0 unspecified atom stereocenters. The van der Waals surface area contributed by atoms with Crippen molar-refractivity contribution in [1.82, 2.24) is 4.98 Å². The number of thiazole rings is 1. The van der Waals surface area contributed by atoms with E-state index in [1.54, 1.807) is 31.2 Å². The third-order valence-electron chi connectivity index (χ3n) is 3.49. The summed E-state index contributed by atoms with van der Waals surface area (Å²) in [6, 6.07) is 6.60. The highest BCUT2D eigenvalue weighted by molar-refractivity contribution is 7.13. The van der Waals surface area contributed by atoms with Crippen molar-refractivity contribution < 1.29 is 27.5 Å². The Morgan fingerprint density at radius 2 is 1.92 bits per heavy atom. The molecule has 0 saturated carbocycles. The Hall–Kier alpha value is -2.42. The number of alkyl halides is 3. The summed E-state index contributed by atoms with van der Waals surface area (Å²) in [6.07, 6.45) is -4.78. The first kappa shape index (κ1) is 18.9. The van der Waals surface area contributed by atoms with Crippen LogP contribution in [0, 0.1) is 0 Å². The minimum absolute atomic E-state index is 0.120. The van der Waals surface area contributed by atoms with Crippen molar-refractivity contribution in [1.29, 1.82) is 0 Å². The molecule has 0 amide bonds. The van der Waals surface area contributed by atoms with Gasteiger partial charge in [-0.1, -0.05) is 19.1 Å². The predicted molar refractivity (Wildman–Crippen MR) is 86.9 cm³/mol. The van der Waals surface area contributed by atoms with Crippen molar-refractivity contribution in [2.75, 3.05) is 12.4 Å². The SMILES string of the molecule is COC(=O)CC(=O)[C@H](C)c1ccc(Nc2nc(C(F)(F)F)cs2)cc1. The lowest BCUT2D eigenvalue weighted by Crippen LogP contribution is -2.15. The fourth-order valence-electron chi connectivity index (χ4n) is 1.99. The van der Waals surface area contributed by atoms with E-state index in [0.29, 0.717) is 11.3 Å². The molecule has 1 heterocycles. The van der Waals surface area contributed by atoms with Crippen molar-refractivity contribution >= 4 is 33.9 Å². The second-order valence-electron chi connectivity index (χ2n) is 5.22. The van der Waals surface area contributed by atoms with E-state index < -0.39 is 23.8 Å². The predicted octanol–water partition coefficient (Wildman–Crippen LogP) is 4.14. The van der Waals surface area contributed by atoms with Crippen LogP contribution in [0.4, 0.5) is 24.0 Å². The molecule has 25 heavy (non-hydrogen) atoms. The van der Waals surface area contributed by atoms with Gasteiger partial charge in [0, 0.05) is 17.0 Å². The van der Waals surface area contributed by atoms with Gasteiger partial charge in [0.2, 0.25) is 0 Å². The van der Waals surface area contributed by atoms with Crippen LogP contribution in [0.25, 0.3) is 0 Å². The lowest BCUT2D eigenvalue weighted by atomic mass is 9.95. The Kier molecular flexibility index (Phi) is 5.78. The number of anilines is 2. The lowest BCUT2D eigenvalue weighted by Gasteiger charge is -2.11. The highest BCUT2D eigenvalue weighted by atomic mass is 32.1. The second kappa shape index (κ2) is 7.64. The zero-order chi connectivity index (χ0) is 18.6. The van der Waals surface area contributed by atoms with E-state index in [0.717, 1.165) is 16.7 Å². The average molecular weight is 372 g/mol. The number of halogens is 3. The number of carbonyl (C=O) groups is 2. The quantitative estimate of drug-likeness (QED) is 0.610. The molecule has 1 aromatic heterocycles. The van der Waals surface area contributed by atoms with Gasteiger partial charge >= 0.3 is 12.1 Å². The molecule has 9 heteroatoms. The zero-order valence-corrected chi connectivity index (χ0v) is 14.2. The van der Waals surface area contributed by atoms with E-state index in [4.69, 9.17) is 0 Å². The first-order valence-electron chi connectivity index (χ1n) is 7.20. The van der Waals surface area contributed by atoms with Crippen LogP contribution in [0.15, 0.2) is 29.6 Å². The molecule has 0 aliphatic rings. The van der Waals surface area contributed by atoms with Gasteiger partial charge in [0.15, 0.2) is 16.6 Å². The minimum atomic E-state index is -4.48. The van der Waals surface area contributed by atoms with E-state index in [1.807, 2.05) is 0 Å². The molecule has 0 saturated heterocycles. The number of hydrogen-bond donors (Lipinski definition) is 1. The van der Waals surface area contributed by atoms with Crippen LogP contribution in [0.5, 0.6) is 0 Å². The van der Waals surface area contributed by atoms with Gasteiger partial charge in [-0.05, 0) is 17.7 Å². The molecule has 2 rings (SSSR count).